The van der Waals surface area contributed by atoms with Crippen molar-refractivity contribution in [3.63, 3.8) is 0 Å². The molecule has 2 aromatic carbocycles. The van der Waals surface area contributed by atoms with Crippen LogP contribution in [0.1, 0.15) is 15.9 Å². The zero-order valence-corrected chi connectivity index (χ0v) is 11.2. The molecule has 0 saturated carbocycles. The Hall–Kier alpha value is -2.56. The van der Waals surface area contributed by atoms with Gasteiger partial charge in [0.05, 0.1) is 12.7 Å². The standard InChI is InChI=1S/C15H15FN2O2/c1-9-3-5-11(8-13(9)16)18-15(19)12-7-10(17)4-6-14(12)20-2/h3-8H,17H2,1-2H3,(H,18,19). The van der Waals surface area contributed by atoms with Gasteiger partial charge in [0.1, 0.15) is 11.6 Å². The number of amides is 1. The van der Waals surface area contributed by atoms with Crippen LogP contribution in [0.15, 0.2) is 36.4 Å². The van der Waals surface area contributed by atoms with Crippen molar-refractivity contribution in [1.82, 2.24) is 0 Å². The maximum absolute atomic E-state index is 13.4. The van der Waals surface area contributed by atoms with Crippen LogP contribution >= 0.6 is 0 Å². The smallest absolute Gasteiger partial charge is 0.259 e. The Morgan fingerprint density at radius 1 is 1.25 bits per heavy atom. The second-order valence-electron chi connectivity index (χ2n) is 4.38. The van der Waals surface area contributed by atoms with E-state index in [1.54, 1.807) is 31.2 Å². The molecule has 2 rings (SSSR count). The molecule has 104 valence electrons. The third-order valence-corrected chi connectivity index (χ3v) is 2.90. The van der Waals surface area contributed by atoms with E-state index in [1.165, 1.54) is 19.2 Å². The largest absolute Gasteiger partial charge is 0.496 e. The molecule has 4 nitrogen and oxygen atoms in total. The molecule has 1 amide bonds. The number of rotatable bonds is 3. The monoisotopic (exact) mass is 274 g/mol. The molecule has 0 atom stereocenters. The van der Waals surface area contributed by atoms with Crippen LogP contribution in [0.2, 0.25) is 0 Å². The second-order valence-corrected chi connectivity index (χ2v) is 4.38. The van der Waals surface area contributed by atoms with Gasteiger partial charge in [-0.3, -0.25) is 4.79 Å². The van der Waals surface area contributed by atoms with Crippen molar-refractivity contribution in [2.45, 2.75) is 6.92 Å². The number of aryl methyl sites for hydroxylation is 1. The summed E-state index contributed by atoms with van der Waals surface area (Å²) in [5.74, 6) is -0.371. The van der Waals surface area contributed by atoms with Gasteiger partial charge < -0.3 is 15.8 Å². The molecule has 0 bridgehead atoms. The number of benzene rings is 2. The number of hydrogen-bond acceptors (Lipinski definition) is 3. The van der Waals surface area contributed by atoms with Crippen LogP contribution in [0.4, 0.5) is 15.8 Å². The van der Waals surface area contributed by atoms with Crippen molar-refractivity contribution in [1.29, 1.82) is 0 Å². The fraction of sp³-hybridized carbons (Fsp3) is 0.133. The van der Waals surface area contributed by atoms with Crippen LogP contribution in [0.5, 0.6) is 5.75 Å². The molecule has 0 aliphatic heterocycles. The van der Waals surface area contributed by atoms with Gasteiger partial charge in [-0.05, 0) is 42.8 Å². The molecule has 0 aliphatic carbocycles. The van der Waals surface area contributed by atoms with E-state index in [0.717, 1.165) is 0 Å². The lowest BCUT2D eigenvalue weighted by atomic mass is 10.1. The number of hydrogen-bond donors (Lipinski definition) is 2. The number of nitrogens with two attached hydrogens (primary N) is 1. The van der Waals surface area contributed by atoms with Crippen LogP contribution < -0.4 is 15.8 Å². The molecule has 3 N–H and O–H groups in total. The molecule has 0 unspecified atom stereocenters. The third-order valence-electron chi connectivity index (χ3n) is 2.90. The van der Waals surface area contributed by atoms with Crippen molar-refractivity contribution in [3.8, 4) is 5.75 Å². The number of nitrogen functional groups attached to an aromatic ring is 1. The molecule has 0 radical (unpaired) electrons. The maximum Gasteiger partial charge on any atom is 0.259 e. The normalized spacial score (nSPS) is 10.2. The fourth-order valence-corrected chi connectivity index (χ4v) is 1.77. The van der Waals surface area contributed by atoms with E-state index in [2.05, 4.69) is 5.32 Å². The Morgan fingerprint density at radius 3 is 2.65 bits per heavy atom. The Labute approximate surface area is 116 Å². The van der Waals surface area contributed by atoms with E-state index >= 15 is 0 Å². The highest BCUT2D eigenvalue weighted by Gasteiger charge is 2.13. The lowest BCUT2D eigenvalue weighted by molar-refractivity contribution is 0.102. The van der Waals surface area contributed by atoms with Gasteiger partial charge in [0.2, 0.25) is 0 Å². The van der Waals surface area contributed by atoms with Crippen LogP contribution in [-0.4, -0.2) is 13.0 Å². The summed E-state index contributed by atoms with van der Waals surface area (Å²) in [4.78, 5) is 12.2. The SMILES string of the molecule is COc1ccc(N)cc1C(=O)Nc1ccc(C)c(F)c1. The molecule has 20 heavy (non-hydrogen) atoms. The first-order valence-electron chi connectivity index (χ1n) is 6.02. The van der Waals surface area contributed by atoms with E-state index in [4.69, 9.17) is 10.5 Å². The first-order chi connectivity index (χ1) is 9.51. The maximum atomic E-state index is 13.4. The van der Waals surface area contributed by atoms with E-state index in [1.807, 2.05) is 0 Å². The van der Waals surface area contributed by atoms with Crippen molar-refractivity contribution in [2.24, 2.45) is 0 Å². The number of halogens is 1. The fourth-order valence-electron chi connectivity index (χ4n) is 1.77. The van der Waals surface area contributed by atoms with Gasteiger partial charge >= 0.3 is 0 Å². The Morgan fingerprint density at radius 2 is 2.00 bits per heavy atom. The summed E-state index contributed by atoms with van der Waals surface area (Å²) in [6.07, 6.45) is 0. The molecule has 0 spiro atoms. The number of carbonyl (C=O) groups excluding carboxylic acids is 1. The predicted octanol–water partition coefficient (Wildman–Crippen LogP) is 2.98. The van der Waals surface area contributed by atoms with E-state index in [-0.39, 0.29) is 5.82 Å². The summed E-state index contributed by atoms with van der Waals surface area (Å²) in [6, 6.07) is 9.27. The molecule has 0 fully saturated rings. The van der Waals surface area contributed by atoms with Crippen molar-refractivity contribution >= 4 is 17.3 Å². The van der Waals surface area contributed by atoms with Crippen LogP contribution in [0.3, 0.4) is 0 Å². The zero-order chi connectivity index (χ0) is 14.7. The first-order valence-corrected chi connectivity index (χ1v) is 6.02. The molecule has 0 heterocycles. The summed E-state index contributed by atoms with van der Waals surface area (Å²) < 4.78 is 18.6. The molecular weight excluding hydrogens is 259 g/mol. The summed E-state index contributed by atoms with van der Waals surface area (Å²) in [5, 5.41) is 2.61. The van der Waals surface area contributed by atoms with E-state index in [9.17, 15) is 9.18 Å². The lowest BCUT2D eigenvalue weighted by Gasteiger charge is -2.10. The minimum atomic E-state index is -0.405. The van der Waals surface area contributed by atoms with Gasteiger partial charge in [0, 0.05) is 11.4 Å². The summed E-state index contributed by atoms with van der Waals surface area (Å²) in [5.41, 5.74) is 7.31. The minimum absolute atomic E-state index is 0.300. The minimum Gasteiger partial charge on any atom is -0.496 e. The van der Waals surface area contributed by atoms with E-state index < -0.39 is 5.91 Å². The van der Waals surface area contributed by atoms with Crippen LogP contribution in [0, 0.1) is 12.7 Å². The summed E-state index contributed by atoms with van der Waals surface area (Å²) >= 11 is 0. The Bertz CT molecular complexity index is 656. The molecule has 0 aliphatic rings. The zero-order valence-electron chi connectivity index (χ0n) is 11.2. The number of nitrogens with one attached hydrogen (secondary N) is 1. The molecular formula is C15H15FN2O2. The lowest BCUT2D eigenvalue weighted by Crippen LogP contribution is -2.13. The van der Waals surface area contributed by atoms with Gasteiger partial charge in [-0.2, -0.15) is 0 Å². The number of carbonyl (C=O) groups is 1. The summed E-state index contributed by atoms with van der Waals surface area (Å²) in [7, 11) is 1.47. The quantitative estimate of drug-likeness (QED) is 0.846. The van der Waals surface area contributed by atoms with Gasteiger partial charge in [-0.15, -0.1) is 0 Å². The van der Waals surface area contributed by atoms with Crippen molar-refractivity contribution in [2.75, 3.05) is 18.2 Å². The highest BCUT2D eigenvalue weighted by molar-refractivity contribution is 6.06. The number of methoxy groups -OCH3 is 1. The predicted molar refractivity (Wildman–Crippen MR) is 76.5 cm³/mol. The van der Waals surface area contributed by atoms with Gasteiger partial charge in [0.25, 0.3) is 5.91 Å². The highest BCUT2D eigenvalue weighted by atomic mass is 19.1. The molecule has 2 aromatic rings. The van der Waals surface area contributed by atoms with Gasteiger partial charge in [0.15, 0.2) is 0 Å². The number of anilines is 2. The molecule has 0 saturated heterocycles. The van der Waals surface area contributed by atoms with Crippen molar-refractivity contribution in [3.05, 3.63) is 53.3 Å². The highest BCUT2D eigenvalue weighted by Crippen LogP contribution is 2.23. The van der Waals surface area contributed by atoms with E-state index in [0.29, 0.717) is 28.3 Å². The first kappa shape index (κ1) is 13.9. The molecule has 0 aromatic heterocycles. The van der Waals surface area contributed by atoms with Gasteiger partial charge in [-0.25, -0.2) is 4.39 Å². The average molecular weight is 274 g/mol. The average Bonchev–Trinajstić information content (AvgIpc) is 2.43. The van der Waals surface area contributed by atoms with Crippen molar-refractivity contribution < 1.29 is 13.9 Å². The van der Waals surface area contributed by atoms with Gasteiger partial charge in [-0.1, -0.05) is 6.07 Å². The summed E-state index contributed by atoms with van der Waals surface area (Å²) in [6.45, 7) is 1.65. The Kier molecular flexibility index (Phi) is 3.89. The topological polar surface area (TPSA) is 64.3 Å². The third kappa shape index (κ3) is 2.88. The second kappa shape index (κ2) is 5.61. The number of ether oxygens (including phenoxy) is 1. The molecule has 5 heteroatoms. The Balaban J connectivity index is 2.27. The van der Waals surface area contributed by atoms with Crippen LogP contribution in [0.25, 0.3) is 0 Å². The van der Waals surface area contributed by atoms with Crippen LogP contribution in [-0.2, 0) is 0 Å².